The molecule has 0 heterocycles. The van der Waals surface area contributed by atoms with Crippen molar-refractivity contribution < 1.29 is 18.3 Å². The van der Waals surface area contributed by atoms with E-state index in [4.69, 9.17) is 0 Å². The Kier molecular flexibility index (Phi) is 5.11. The van der Waals surface area contributed by atoms with Crippen LogP contribution in [0, 0.1) is 12.8 Å². The first-order valence-electron chi connectivity index (χ1n) is 6.34. The van der Waals surface area contributed by atoms with Gasteiger partial charge in [0.2, 0.25) is 0 Å². The van der Waals surface area contributed by atoms with E-state index in [1.807, 2.05) is 13.8 Å². The number of hydrogen-bond donors (Lipinski definition) is 1. The fourth-order valence-electron chi connectivity index (χ4n) is 2.16. The highest BCUT2D eigenvalue weighted by Crippen LogP contribution is 2.25. The summed E-state index contributed by atoms with van der Waals surface area (Å²) in [5.74, 6) is -1.68. The van der Waals surface area contributed by atoms with E-state index in [9.17, 15) is 18.3 Å². The minimum Gasteiger partial charge on any atom is -0.480 e. The lowest BCUT2D eigenvalue weighted by Crippen LogP contribution is -2.36. The largest absolute Gasteiger partial charge is 0.480 e. The molecule has 1 N–H and O–H groups in total. The summed E-state index contributed by atoms with van der Waals surface area (Å²) in [4.78, 5) is 11.4. The summed E-state index contributed by atoms with van der Waals surface area (Å²) in [6, 6.07) is 6.30. The van der Waals surface area contributed by atoms with Crippen LogP contribution >= 0.6 is 0 Å². The Labute approximate surface area is 114 Å². The number of carboxylic acids is 1. The van der Waals surface area contributed by atoms with E-state index in [-0.39, 0.29) is 4.90 Å². The smallest absolute Gasteiger partial charge is 0.322 e. The van der Waals surface area contributed by atoms with Crippen molar-refractivity contribution in [1.82, 2.24) is 0 Å². The summed E-state index contributed by atoms with van der Waals surface area (Å²) >= 11 is 0. The summed E-state index contributed by atoms with van der Waals surface area (Å²) in [5, 5.41) is 7.86. The van der Waals surface area contributed by atoms with Crippen LogP contribution in [0.15, 0.2) is 29.2 Å². The minimum absolute atomic E-state index is 0.0773. The van der Waals surface area contributed by atoms with E-state index in [0.29, 0.717) is 6.42 Å². The standard InChI is InChI=1S/C14H20O4S/c1-4-5-11(3)13(14(15)16)19(17,18)12-8-6-10(2)7-9-12/h6-9,11,13H,4-5H2,1-3H3,(H,15,16). The summed E-state index contributed by atoms with van der Waals surface area (Å²) < 4.78 is 24.8. The van der Waals surface area contributed by atoms with E-state index in [0.717, 1.165) is 12.0 Å². The molecule has 106 valence electrons. The molecule has 1 aromatic carbocycles. The predicted molar refractivity (Wildman–Crippen MR) is 73.9 cm³/mol. The Morgan fingerprint density at radius 1 is 1.26 bits per heavy atom. The van der Waals surface area contributed by atoms with Crippen molar-refractivity contribution in [2.45, 2.75) is 43.8 Å². The zero-order valence-corrected chi connectivity index (χ0v) is 12.3. The van der Waals surface area contributed by atoms with Gasteiger partial charge >= 0.3 is 5.97 Å². The Morgan fingerprint density at radius 3 is 2.21 bits per heavy atom. The summed E-state index contributed by atoms with van der Waals surface area (Å²) in [7, 11) is -3.84. The molecule has 0 aliphatic rings. The molecule has 5 heteroatoms. The van der Waals surface area contributed by atoms with Crippen molar-refractivity contribution in [3.05, 3.63) is 29.8 Å². The average Bonchev–Trinajstić information content (AvgIpc) is 2.28. The van der Waals surface area contributed by atoms with E-state index < -0.39 is 27.0 Å². The van der Waals surface area contributed by atoms with E-state index in [1.54, 1.807) is 19.1 Å². The molecule has 4 nitrogen and oxygen atoms in total. The fraction of sp³-hybridized carbons (Fsp3) is 0.500. The molecule has 0 saturated heterocycles. The normalized spacial score (nSPS) is 14.9. The highest BCUT2D eigenvalue weighted by atomic mass is 32.2. The van der Waals surface area contributed by atoms with Gasteiger partial charge in [0.1, 0.15) is 0 Å². The molecule has 0 saturated carbocycles. The molecule has 19 heavy (non-hydrogen) atoms. The number of benzene rings is 1. The lowest BCUT2D eigenvalue weighted by atomic mass is 10.0. The number of carboxylic acid groups (broad SMARTS) is 1. The van der Waals surface area contributed by atoms with Crippen LogP contribution in [0.5, 0.6) is 0 Å². The van der Waals surface area contributed by atoms with Crippen LogP contribution < -0.4 is 0 Å². The minimum atomic E-state index is -3.84. The zero-order valence-electron chi connectivity index (χ0n) is 11.5. The van der Waals surface area contributed by atoms with Gasteiger partial charge in [-0.3, -0.25) is 4.79 Å². The summed E-state index contributed by atoms with van der Waals surface area (Å²) in [5.41, 5.74) is 0.937. The first kappa shape index (κ1) is 15.7. The van der Waals surface area contributed by atoms with Gasteiger partial charge in [0.05, 0.1) is 4.90 Å². The van der Waals surface area contributed by atoms with Gasteiger partial charge in [-0.2, -0.15) is 0 Å². The Hall–Kier alpha value is -1.36. The predicted octanol–water partition coefficient (Wildman–Crippen LogP) is 2.66. The molecule has 2 atom stereocenters. The first-order chi connectivity index (χ1) is 8.80. The number of rotatable bonds is 6. The van der Waals surface area contributed by atoms with Crippen molar-refractivity contribution in [2.75, 3.05) is 0 Å². The molecule has 1 aromatic rings. The fourth-order valence-corrected chi connectivity index (χ4v) is 3.99. The number of hydrogen-bond acceptors (Lipinski definition) is 3. The van der Waals surface area contributed by atoms with Crippen molar-refractivity contribution >= 4 is 15.8 Å². The lowest BCUT2D eigenvalue weighted by molar-refractivity contribution is -0.137. The molecule has 0 spiro atoms. The molecule has 0 radical (unpaired) electrons. The van der Waals surface area contributed by atoms with Crippen LogP contribution in [-0.2, 0) is 14.6 Å². The van der Waals surface area contributed by atoms with E-state index >= 15 is 0 Å². The van der Waals surface area contributed by atoms with Gasteiger partial charge in [0, 0.05) is 0 Å². The second-order valence-electron chi connectivity index (χ2n) is 4.88. The average molecular weight is 284 g/mol. The molecular formula is C14H20O4S. The zero-order chi connectivity index (χ0) is 14.6. The van der Waals surface area contributed by atoms with Gasteiger partial charge < -0.3 is 5.11 Å². The molecule has 2 unspecified atom stereocenters. The second-order valence-corrected chi connectivity index (χ2v) is 6.95. The van der Waals surface area contributed by atoms with Crippen molar-refractivity contribution in [2.24, 2.45) is 5.92 Å². The monoisotopic (exact) mass is 284 g/mol. The molecule has 0 aliphatic carbocycles. The van der Waals surface area contributed by atoms with Gasteiger partial charge in [-0.25, -0.2) is 8.42 Å². The van der Waals surface area contributed by atoms with Crippen LogP contribution in [0.1, 0.15) is 32.3 Å². The Balaban J connectivity index is 3.20. The summed E-state index contributed by atoms with van der Waals surface area (Å²) in [6.07, 6.45) is 1.33. The Morgan fingerprint density at radius 2 is 1.79 bits per heavy atom. The highest BCUT2D eigenvalue weighted by Gasteiger charge is 2.37. The maximum absolute atomic E-state index is 12.4. The van der Waals surface area contributed by atoms with E-state index in [2.05, 4.69) is 0 Å². The van der Waals surface area contributed by atoms with Gasteiger partial charge in [-0.15, -0.1) is 0 Å². The van der Waals surface area contributed by atoms with Crippen LogP contribution in [-0.4, -0.2) is 24.7 Å². The third-order valence-electron chi connectivity index (χ3n) is 3.19. The maximum Gasteiger partial charge on any atom is 0.322 e. The third kappa shape index (κ3) is 3.56. The topological polar surface area (TPSA) is 71.4 Å². The van der Waals surface area contributed by atoms with Gasteiger partial charge in [-0.1, -0.05) is 38.0 Å². The second kappa shape index (κ2) is 6.19. The van der Waals surface area contributed by atoms with Crippen molar-refractivity contribution in [3.8, 4) is 0 Å². The molecule has 1 rings (SSSR count). The first-order valence-corrected chi connectivity index (χ1v) is 7.88. The van der Waals surface area contributed by atoms with Crippen LogP contribution in [0.3, 0.4) is 0 Å². The van der Waals surface area contributed by atoms with E-state index in [1.165, 1.54) is 12.1 Å². The van der Waals surface area contributed by atoms with Crippen LogP contribution in [0.2, 0.25) is 0 Å². The highest BCUT2D eigenvalue weighted by molar-refractivity contribution is 7.92. The molecular weight excluding hydrogens is 264 g/mol. The van der Waals surface area contributed by atoms with Gasteiger partial charge in [0.15, 0.2) is 15.1 Å². The molecule has 0 amide bonds. The lowest BCUT2D eigenvalue weighted by Gasteiger charge is -2.20. The van der Waals surface area contributed by atoms with Gasteiger partial charge in [0.25, 0.3) is 0 Å². The number of sulfone groups is 1. The molecule has 0 bridgehead atoms. The quantitative estimate of drug-likeness (QED) is 0.871. The van der Waals surface area contributed by atoms with Gasteiger partial charge in [-0.05, 0) is 31.4 Å². The third-order valence-corrected chi connectivity index (χ3v) is 5.45. The van der Waals surface area contributed by atoms with Crippen molar-refractivity contribution in [1.29, 1.82) is 0 Å². The SMILES string of the molecule is CCCC(C)C(C(=O)O)S(=O)(=O)c1ccc(C)cc1. The Bertz CT molecular complexity index is 531. The number of aryl methyl sites for hydroxylation is 1. The maximum atomic E-state index is 12.4. The van der Waals surface area contributed by atoms with Crippen LogP contribution in [0.25, 0.3) is 0 Å². The molecule has 0 aromatic heterocycles. The number of aliphatic carboxylic acids is 1. The molecule has 0 aliphatic heterocycles. The number of carbonyl (C=O) groups is 1. The van der Waals surface area contributed by atoms with Crippen LogP contribution in [0.4, 0.5) is 0 Å². The summed E-state index contributed by atoms with van der Waals surface area (Å²) in [6.45, 7) is 5.44. The molecule has 0 fully saturated rings. The van der Waals surface area contributed by atoms with Crippen molar-refractivity contribution in [3.63, 3.8) is 0 Å².